The van der Waals surface area contributed by atoms with Crippen LogP contribution in [-0.2, 0) is 4.79 Å². The van der Waals surface area contributed by atoms with Crippen LogP contribution in [0.1, 0.15) is 6.92 Å². The number of carbonyl (C=O) groups excluding carboxylic acids is 1. The number of benzene rings is 2. The highest BCUT2D eigenvalue weighted by molar-refractivity contribution is 8.00. The van der Waals surface area contributed by atoms with Crippen LogP contribution < -0.4 is 5.32 Å². The topological polar surface area (TPSA) is 29.1 Å². The van der Waals surface area contributed by atoms with E-state index in [1.807, 2.05) is 67.6 Å². The number of anilines is 1. The Morgan fingerprint density at radius 2 is 1.60 bits per heavy atom. The summed E-state index contributed by atoms with van der Waals surface area (Å²) in [4.78, 5) is 13.4. The number of hydrogen-bond acceptors (Lipinski definition) is 2. The average molecular weight is 306 g/mol. The molecular weight excluding hydrogens is 290 g/mol. The number of hydrogen-bond donors (Lipinski definition) is 1. The number of halogens is 1. The van der Waals surface area contributed by atoms with E-state index in [4.69, 9.17) is 11.6 Å². The Labute approximate surface area is 128 Å². The Kier molecular flexibility index (Phi) is 5.50. The maximum Gasteiger partial charge on any atom is 0.239 e. The Bertz CT molecular complexity index is 545. The predicted molar refractivity (Wildman–Crippen MR) is 86.5 cm³/mol. The SMILES string of the molecule is C[C@@H](Cl)[C@H](Sc1ccccc1)C(=O)Nc1ccccc1. The molecule has 1 N–H and O–H groups in total. The van der Waals surface area contributed by atoms with Crippen molar-refractivity contribution < 1.29 is 4.79 Å². The van der Waals surface area contributed by atoms with E-state index in [2.05, 4.69) is 5.32 Å². The second-order valence-electron chi connectivity index (χ2n) is 4.38. The summed E-state index contributed by atoms with van der Waals surface area (Å²) in [5.74, 6) is -0.0763. The van der Waals surface area contributed by atoms with Gasteiger partial charge in [0.2, 0.25) is 5.91 Å². The minimum atomic E-state index is -0.334. The third kappa shape index (κ3) is 4.29. The highest BCUT2D eigenvalue weighted by atomic mass is 35.5. The van der Waals surface area contributed by atoms with E-state index in [-0.39, 0.29) is 16.5 Å². The van der Waals surface area contributed by atoms with Crippen molar-refractivity contribution in [2.24, 2.45) is 0 Å². The summed E-state index contributed by atoms with van der Waals surface area (Å²) < 4.78 is 0. The van der Waals surface area contributed by atoms with Gasteiger partial charge in [0.05, 0.1) is 5.38 Å². The van der Waals surface area contributed by atoms with Crippen molar-refractivity contribution in [3.05, 3.63) is 60.7 Å². The Morgan fingerprint density at radius 1 is 1.05 bits per heavy atom. The Morgan fingerprint density at radius 3 is 2.15 bits per heavy atom. The van der Waals surface area contributed by atoms with Crippen LogP contribution in [-0.4, -0.2) is 16.5 Å². The molecule has 2 nitrogen and oxygen atoms in total. The Hall–Kier alpha value is -1.45. The fraction of sp³-hybridized carbons (Fsp3) is 0.188. The van der Waals surface area contributed by atoms with E-state index in [0.717, 1.165) is 10.6 Å². The lowest BCUT2D eigenvalue weighted by Crippen LogP contribution is -2.31. The third-order valence-electron chi connectivity index (χ3n) is 2.72. The van der Waals surface area contributed by atoms with Gasteiger partial charge in [0.1, 0.15) is 5.25 Å². The number of rotatable bonds is 5. The highest BCUT2D eigenvalue weighted by Crippen LogP contribution is 2.28. The van der Waals surface area contributed by atoms with E-state index in [0.29, 0.717) is 0 Å². The van der Waals surface area contributed by atoms with Crippen molar-refractivity contribution in [1.29, 1.82) is 0 Å². The zero-order chi connectivity index (χ0) is 14.4. The average Bonchev–Trinajstić information content (AvgIpc) is 2.46. The molecule has 0 heterocycles. The summed E-state index contributed by atoms with van der Waals surface area (Å²) in [5.41, 5.74) is 0.786. The molecule has 20 heavy (non-hydrogen) atoms. The first-order valence-corrected chi connectivity index (χ1v) is 7.70. The van der Waals surface area contributed by atoms with Crippen LogP contribution in [0.25, 0.3) is 0 Å². The van der Waals surface area contributed by atoms with Gasteiger partial charge in [0.15, 0.2) is 0 Å². The molecule has 0 spiro atoms. The molecule has 4 heteroatoms. The van der Waals surface area contributed by atoms with Gasteiger partial charge in [0, 0.05) is 10.6 Å². The number of nitrogens with one attached hydrogen (secondary N) is 1. The molecule has 0 saturated heterocycles. The lowest BCUT2D eigenvalue weighted by Gasteiger charge is -2.18. The molecule has 1 amide bonds. The molecular formula is C16H16ClNOS. The first-order valence-electron chi connectivity index (χ1n) is 6.38. The molecule has 0 bridgehead atoms. The molecule has 0 unspecified atom stereocenters. The van der Waals surface area contributed by atoms with Gasteiger partial charge in [-0.05, 0) is 31.2 Å². The molecule has 0 aliphatic carbocycles. The molecule has 0 aliphatic rings. The molecule has 0 radical (unpaired) electrons. The van der Waals surface area contributed by atoms with Gasteiger partial charge in [0.25, 0.3) is 0 Å². The normalized spacial score (nSPS) is 13.5. The minimum Gasteiger partial charge on any atom is -0.325 e. The van der Waals surface area contributed by atoms with Crippen molar-refractivity contribution in [3.8, 4) is 0 Å². The monoisotopic (exact) mass is 305 g/mol. The van der Waals surface area contributed by atoms with Crippen LogP contribution in [0.2, 0.25) is 0 Å². The summed E-state index contributed by atoms with van der Waals surface area (Å²) in [7, 11) is 0. The zero-order valence-electron chi connectivity index (χ0n) is 11.1. The third-order valence-corrected chi connectivity index (χ3v) is 4.55. The maximum absolute atomic E-state index is 12.3. The van der Waals surface area contributed by atoms with Gasteiger partial charge in [-0.1, -0.05) is 36.4 Å². The number of amides is 1. The van der Waals surface area contributed by atoms with E-state index in [1.54, 1.807) is 0 Å². The standard InChI is InChI=1S/C16H16ClNOS/c1-12(17)15(20-14-10-6-3-7-11-14)16(19)18-13-8-4-2-5-9-13/h2-12,15H,1H3,(H,18,19)/t12-,15+/m1/s1. The van der Waals surface area contributed by atoms with Crippen LogP contribution >= 0.6 is 23.4 Å². The second-order valence-corrected chi connectivity index (χ2v) is 6.29. The van der Waals surface area contributed by atoms with Crippen molar-refractivity contribution in [1.82, 2.24) is 0 Å². The fourth-order valence-electron chi connectivity index (χ4n) is 1.74. The Balaban J connectivity index is 2.07. The molecule has 2 rings (SSSR count). The number of thioether (sulfide) groups is 1. The molecule has 104 valence electrons. The van der Waals surface area contributed by atoms with Gasteiger partial charge < -0.3 is 5.32 Å². The molecule has 2 aromatic carbocycles. The number of carbonyl (C=O) groups is 1. The fourth-order valence-corrected chi connectivity index (χ4v) is 2.97. The van der Waals surface area contributed by atoms with Crippen LogP contribution in [0.5, 0.6) is 0 Å². The van der Waals surface area contributed by atoms with E-state index < -0.39 is 0 Å². The predicted octanol–water partition coefficient (Wildman–Crippen LogP) is 4.41. The lowest BCUT2D eigenvalue weighted by atomic mass is 10.2. The van der Waals surface area contributed by atoms with Gasteiger partial charge in [-0.3, -0.25) is 4.79 Å². The summed E-state index contributed by atoms with van der Waals surface area (Å²) in [5, 5.41) is 2.31. The highest BCUT2D eigenvalue weighted by Gasteiger charge is 2.25. The first-order chi connectivity index (χ1) is 9.66. The molecule has 0 aromatic heterocycles. The van der Waals surface area contributed by atoms with Gasteiger partial charge in [-0.15, -0.1) is 23.4 Å². The largest absolute Gasteiger partial charge is 0.325 e. The van der Waals surface area contributed by atoms with Gasteiger partial charge in [-0.2, -0.15) is 0 Å². The first kappa shape index (κ1) is 14.9. The quantitative estimate of drug-likeness (QED) is 0.654. The van der Waals surface area contributed by atoms with Crippen LogP contribution in [0.15, 0.2) is 65.6 Å². The van der Waals surface area contributed by atoms with E-state index in [9.17, 15) is 4.79 Å². The van der Waals surface area contributed by atoms with Crippen LogP contribution in [0, 0.1) is 0 Å². The van der Waals surface area contributed by atoms with Gasteiger partial charge in [-0.25, -0.2) is 0 Å². The van der Waals surface area contributed by atoms with Crippen molar-refractivity contribution in [2.75, 3.05) is 5.32 Å². The smallest absolute Gasteiger partial charge is 0.239 e. The molecule has 0 saturated carbocycles. The second kappa shape index (κ2) is 7.36. The summed E-state index contributed by atoms with van der Waals surface area (Å²) in [6.07, 6.45) is 0. The lowest BCUT2D eigenvalue weighted by molar-refractivity contribution is -0.115. The van der Waals surface area contributed by atoms with Crippen LogP contribution in [0.4, 0.5) is 5.69 Å². The van der Waals surface area contributed by atoms with E-state index in [1.165, 1.54) is 11.8 Å². The molecule has 0 fully saturated rings. The summed E-state index contributed by atoms with van der Waals surface area (Å²) >= 11 is 7.65. The number of para-hydroxylation sites is 1. The molecule has 0 aliphatic heterocycles. The van der Waals surface area contributed by atoms with Crippen LogP contribution in [0.3, 0.4) is 0 Å². The number of alkyl halides is 1. The van der Waals surface area contributed by atoms with Crippen molar-refractivity contribution in [2.45, 2.75) is 22.4 Å². The van der Waals surface area contributed by atoms with Gasteiger partial charge >= 0.3 is 0 Å². The van der Waals surface area contributed by atoms with Crippen molar-refractivity contribution >= 4 is 35.0 Å². The van der Waals surface area contributed by atoms with Crippen molar-refractivity contribution in [3.63, 3.8) is 0 Å². The zero-order valence-corrected chi connectivity index (χ0v) is 12.7. The maximum atomic E-state index is 12.3. The van der Waals surface area contributed by atoms with E-state index >= 15 is 0 Å². The molecule has 2 atom stereocenters. The molecule has 2 aromatic rings. The summed E-state index contributed by atoms with van der Waals surface area (Å²) in [6, 6.07) is 19.2. The minimum absolute atomic E-state index is 0.0763. The summed E-state index contributed by atoms with van der Waals surface area (Å²) in [6.45, 7) is 1.84.